The van der Waals surface area contributed by atoms with Crippen LogP contribution in [0, 0.1) is 10.1 Å². The molecule has 0 saturated heterocycles. The highest BCUT2D eigenvalue weighted by Crippen LogP contribution is 2.35. The minimum Gasteiger partial charge on any atom is -0.467 e. The van der Waals surface area contributed by atoms with E-state index in [4.69, 9.17) is 4.42 Å². The van der Waals surface area contributed by atoms with Crippen LogP contribution in [0.2, 0.25) is 0 Å². The third-order valence-electron chi connectivity index (χ3n) is 3.26. The summed E-state index contributed by atoms with van der Waals surface area (Å²) >= 11 is 0. The van der Waals surface area contributed by atoms with Crippen LogP contribution in [0.5, 0.6) is 0 Å². The number of rotatable bonds is 3. The van der Waals surface area contributed by atoms with Crippen LogP contribution in [0.25, 0.3) is 0 Å². The number of hydrogen-bond donors (Lipinski definition) is 0. The van der Waals surface area contributed by atoms with Crippen LogP contribution in [-0.2, 0) is 0 Å². The molecule has 1 aliphatic rings. The summed E-state index contributed by atoms with van der Waals surface area (Å²) in [5.74, 6) is 0.837. The Balaban J connectivity index is 1.92. The zero-order chi connectivity index (χ0) is 14.1. The molecule has 6 nitrogen and oxygen atoms in total. The first-order valence-corrected chi connectivity index (χ1v) is 6.26. The van der Waals surface area contributed by atoms with Gasteiger partial charge in [-0.1, -0.05) is 0 Å². The number of nitro groups is 1. The molecule has 0 N–H and O–H groups in total. The van der Waals surface area contributed by atoms with Crippen LogP contribution in [0.15, 0.2) is 52.2 Å². The van der Waals surface area contributed by atoms with Crippen LogP contribution in [0.3, 0.4) is 0 Å². The molecule has 1 aliphatic heterocycles. The Morgan fingerprint density at radius 1 is 1.35 bits per heavy atom. The van der Waals surface area contributed by atoms with Crippen LogP contribution < -0.4 is 5.01 Å². The van der Waals surface area contributed by atoms with Gasteiger partial charge in [-0.15, -0.1) is 0 Å². The molecule has 20 heavy (non-hydrogen) atoms. The Kier molecular flexibility index (Phi) is 2.98. The molecule has 2 heterocycles. The standard InChI is InChI=1S/C14H13N3O3/c1-10-9-13(14-3-2-8-20-14)16(15-10)11-4-6-12(7-5-11)17(18)19/h2-8,13H,9H2,1H3/t13-/m1/s1. The van der Waals surface area contributed by atoms with Gasteiger partial charge in [0.25, 0.3) is 5.69 Å². The Morgan fingerprint density at radius 2 is 2.10 bits per heavy atom. The van der Waals surface area contributed by atoms with E-state index in [1.807, 2.05) is 24.1 Å². The number of non-ortho nitro benzene ring substituents is 1. The summed E-state index contributed by atoms with van der Waals surface area (Å²) in [6.07, 6.45) is 2.42. The van der Waals surface area contributed by atoms with Gasteiger partial charge in [0.1, 0.15) is 11.8 Å². The summed E-state index contributed by atoms with van der Waals surface area (Å²) in [6, 6.07) is 10.1. The molecule has 6 heteroatoms. The van der Waals surface area contributed by atoms with Gasteiger partial charge in [-0.2, -0.15) is 5.10 Å². The third kappa shape index (κ3) is 2.16. The van der Waals surface area contributed by atoms with E-state index in [9.17, 15) is 10.1 Å². The largest absolute Gasteiger partial charge is 0.467 e. The first-order valence-electron chi connectivity index (χ1n) is 6.26. The number of nitro benzene ring substituents is 1. The average molecular weight is 271 g/mol. The summed E-state index contributed by atoms with van der Waals surface area (Å²) in [5.41, 5.74) is 1.89. The lowest BCUT2D eigenvalue weighted by atomic mass is 10.1. The molecular weight excluding hydrogens is 258 g/mol. The fraction of sp³-hybridized carbons (Fsp3) is 0.214. The zero-order valence-corrected chi connectivity index (χ0v) is 10.9. The molecule has 1 aromatic heterocycles. The Morgan fingerprint density at radius 3 is 2.70 bits per heavy atom. The van der Waals surface area contributed by atoms with E-state index in [-0.39, 0.29) is 11.7 Å². The van der Waals surface area contributed by atoms with E-state index in [2.05, 4.69) is 5.10 Å². The van der Waals surface area contributed by atoms with Crippen molar-refractivity contribution in [3.63, 3.8) is 0 Å². The summed E-state index contributed by atoms with van der Waals surface area (Å²) in [4.78, 5) is 10.3. The molecule has 0 saturated carbocycles. The van der Waals surface area contributed by atoms with Crippen molar-refractivity contribution in [1.29, 1.82) is 0 Å². The van der Waals surface area contributed by atoms with Gasteiger partial charge < -0.3 is 4.42 Å². The van der Waals surface area contributed by atoms with Crippen molar-refractivity contribution in [1.82, 2.24) is 0 Å². The Bertz CT molecular complexity index is 647. The summed E-state index contributed by atoms with van der Waals surface area (Å²) < 4.78 is 5.46. The van der Waals surface area contributed by atoms with Crippen molar-refractivity contribution < 1.29 is 9.34 Å². The van der Waals surface area contributed by atoms with Crippen molar-refractivity contribution in [3.8, 4) is 0 Å². The van der Waals surface area contributed by atoms with Crippen molar-refractivity contribution in [2.75, 3.05) is 5.01 Å². The normalized spacial score (nSPS) is 18.1. The lowest BCUT2D eigenvalue weighted by Gasteiger charge is -2.21. The lowest BCUT2D eigenvalue weighted by molar-refractivity contribution is -0.384. The molecule has 3 rings (SSSR count). The predicted molar refractivity (Wildman–Crippen MR) is 74.8 cm³/mol. The SMILES string of the molecule is CC1=NN(c2ccc([N+](=O)[O-])cc2)[C@@H](c2ccco2)C1. The van der Waals surface area contributed by atoms with Gasteiger partial charge in [-0.05, 0) is 31.2 Å². The van der Waals surface area contributed by atoms with E-state index in [1.165, 1.54) is 12.1 Å². The summed E-state index contributed by atoms with van der Waals surface area (Å²) in [7, 11) is 0. The predicted octanol–water partition coefficient (Wildman–Crippen LogP) is 3.52. The van der Waals surface area contributed by atoms with Crippen LogP contribution >= 0.6 is 0 Å². The van der Waals surface area contributed by atoms with Crippen LogP contribution in [0.1, 0.15) is 25.1 Å². The molecule has 0 fully saturated rings. The number of anilines is 1. The lowest BCUT2D eigenvalue weighted by Crippen LogP contribution is -2.17. The van der Waals surface area contributed by atoms with Gasteiger partial charge in [-0.25, -0.2) is 0 Å². The van der Waals surface area contributed by atoms with Gasteiger partial charge in [0.05, 0.1) is 16.9 Å². The molecule has 1 aromatic carbocycles. The zero-order valence-electron chi connectivity index (χ0n) is 10.9. The third-order valence-corrected chi connectivity index (χ3v) is 3.26. The maximum Gasteiger partial charge on any atom is 0.269 e. The second-order valence-corrected chi connectivity index (χ2v) is 4.69. The summed E-state index contributed by atoms with van der Waals surface area (Å²) in [5, 5.41) is 17.0. The Hall–Kier alpha value is -2.63. The van der Waals surface area contributed by atoms with Crippen molar-refractivity contribution in [3.05, 3.63) is 58.5 Å². The summed E-state index contributed by atoms with van der Waals surface area (Å²) in [6.45, 7) is 1.96. The minimum absolute atomic E-state index is 0.00598. The molecule has 0 aliphatic carbocycles. The molecule has 2 aromatic rings. The van der Waals surface area contributed by atoms with Crippen molar-refractivity contribution >= 4 is 17.1 Å². The number of nitrogens with zero attached hydrogens (tertiary/aromatic N) is 3. The topological polar surface area (TPSA) is 71.9 Å². The molecule has 0 spiro atoms. The van der Waals surface area contributed by atoms with E-state index >= 15 is 0 Å². The van der Waals surface area contributed by atoms with Gasteiger partial charge in [-0.3, -0.25) is 15.1 Å². The quantitative estimate of drug-likeness (QED) is 0.632. The number of hydrazone groups is 1. The van der Waals surface area contributed by atoms with Gasteiger partial charge in [0.2, 0.25) is 0 Å². The highest BCUT2D eigenvalue weighted by atomic mass is 16.6. The van der Waals surface area contributed by atoms with E-state index < -0.39 is 4.92 Å². The minimum atomic E-state index is -0.410. The van der Waals surface area contributed by atoms with E-state index in [0.717, 1.165) is 23.6 Å². The molecule has 0 amide bonds. The van der Waals surface area contributed by atoms with Crippen molar-refractivity contribution in [2.24, 2.45) is 5.10 Å². The Labute approximate surface area is 115 Å². The van der Waals surface area contributed by atoms with Crippen LogP contribution in [0.4, 0.5) is 11.4 Å². The van der Waals surface area contributed by atoms with Crippen molar-refractivity contribution in [2.45, 2.75) is 19.4 Å². The highest BCUT2D eigenvalue weighted by molar-refractivity contribution is 5.86. The number of hydrogen-bond acceptors (Lipinski definition) is 5. The van der Waals surface area contributed by atoms with E-state index in [0.29, 0.717) is 0 Å². The monoisotopic (exact) mass is 271 g/mol. The van der Waals surface area contributed by atoms with E-state index in [1.54, 1.807) is 18.4 Å². The number of furan rings is 1. The molecule has 0 radical (unpaired) electrons. The molecule has 0 bridgehead atoms. The smallest absolute Gasteiger partial charge is 0.269 e. The first-order chi connectivity index (χ1) is 9.65. The van der Waals surface area contributed by atoms with Gasteiger partial charge in [0, 0.05) is 24.3 Å². The molecule has 1 atom stereocenters. The fourth-order valence-electron chi connectivity index (χ4n) is 2.33. The highest BCUT2D eigenvalue weighted by Gasteiger charge is 2.29. The van der Waals surface area contributed by atoms with Gasteiger partial charge >= 0.3 is 0 Å². The van der Waals surface area contributed by atoms with Gasteiger partial charge in [0.15, 0.2) is 0 Å². The molecule has 102 valence electrons. The molecule has 0 unspecified atom stereocenters. The molecular formula is C14H13N3O3. The maximum absolute atomic E-state index is 10.7. The average Bonchev–Trinajstić information content (AvgIpc) is 3.07. The fourth-order valence-corrected chi connectivity index (χ4v) is 2.33. The first kappa shape index (κ1) is 12.4. The number of benzene rings is 1. The maximum atomic E-state index is 10.7. The van der Waals surface area contributed by atoms with Crippen LogP contribution in [-0.4, -0.2) is 10.6 Å². The second kappa shape index (κ2) is 4.80. The second-order valence-electron chi connectivity index (χ2n) is 4.69.